The molecular weight excluding hydrogens is 312 g/mol. The fraction of sp³-hybridized carbons (Fsp3) is 0.375. The van der Waals surface area contributed by atoms with E-state index in [-0.39, 0.29) is 36.5 Å². The van der Waals surface area contributed by atoms with E-state index >= 15 is 0 Å². The molecule has 0 spiro atoms. The Hall–Kier alpha value is -2.90. The SMILES string of the molecule is N=C(N)c1ccc(C(=O)N2CC[C@@H](C(=O)NCCC(=O)O)C2)cc1. The van der Waals surface area contributed by atoms with E-state index in [1.165, 1.54) is 0 Å². The molecule has 1 aromatic rings. The van der Waals surface area contributed by atoms with Crippen LogP contribution in [0.1, 0.15) is 28.8 Å². The maximum atomic E-state index is 12.4. The fourth-order valence-electron chi connectivity index (χ4n) is 2.57. The Morgan fingerprint density at radius 1 is 1.25 bits per heavy atom. The van der Waals surface area contributed by atoms with Crippen LogP contribution in [0.2, 0.25) is 0 Å². The van der Waals surface area contributed by atoms with E-state index < -0.39 is 5.97 Å². The number of nitrogens with one attached hydrogen (secondary N) is 2. The van der Waals surface area contributed by atoms with Gasteiger partial charge in [0, 0.05) is 30.8 Å². The normalized spacial score (nSPS) is 16.7. The molecule has 1 aromatic carbocycles. The molecule has 1 aliphatic rings. The van der Waals surface area contributed by atoms with Gasteiger partial charge in [-0.05, 0) is 18.6 Å². The number of hydrogen-bond acceptors (Lipinski definition) is 4. The molecular formula is C16H20N4O4. The molecule has 0 unspecified atom stereocenters. The second-order valence-corrected chi connectivity index (χ2v) is 5.66. The Labute approximate surface area is 139 Å². The fourth-order valence-corrected chi connectivity index (χ4v) is 2.57. The first-order valence-electron chi connectivity index (χ1n) is 7.61. The van der Waals surface area contributed by atoms with Crippen molar-refractivity contribution in [2.24, 2.45) is 11.7 Å². The molecule has 2 amide bonds. The average molecular weight is 332 g/mol. The van der Waals surface area contributed by atoms with Crippen molar-refractivity contribution in [3.05, 3.63) is 35.4 Å². The molecule has 5 N–H and O–H groups in total. The molecule has 1 heterocycles. The highest BCUT2D eigenvalue weighted by molar-refractivity contribution is 5.98. The van der Waals surface area contributed by atoms with E-state index in [4.69, 9.17) is 16.2 Å². The van der Waals surface area contributed by atoms with Gasteiger partial charge in [-0.15, -0.1) is 0 Å². The second kappa shape index (κ2) is 7.58. The van der Waals surface area contributed by atoms with Crippen LogP contribution in [0.5, 0.6) is 0 Å². The minimum Gasteiger partial charge on any atom is -0.481 e. The average Bonchev–Trinajstić information content (AvgIpc) is 3.04. The summed E-state index contributed by atoms with van der Waals surface area (Å²) in [7, 11) is 0. The van der Waals surface area contributed by atoms with Gasteiger partial charge in [-0.3, -0.25) is 19.8 Å². The Morgan fingerprint density at radius 2 is 1.88 bits per heavy atom. The van der Waals surface area contributed by atoms with Crippen LogP contribution < -0.4 is 11.1 Å². The van der Waals surface area contributed by atoms with E-state index in [9.17, 15) is 14.4 Å². The van der Waals surface area contributed by atoms with Crippen LogP contribution >= 0.6 is 0 Å². The molecule has 24 heavy (non-hydrogen) atoms. The molecule has 1 saturated heterocycles. The monoisotopic (exact) mass is 332 g/mol. The van der Waals surface area contributed by atoms with Crippen molar-refractivity contribution >= 4 is 23.6 Å². The summed E-state index contributed by atoms with van der Waals surface area (Å²) in [6, 6.07) is 6.45. The third-order valence-electron chi connectivity index (χ3n) is 3.93. The summed E-state index contributed by atoms with van der Waals surface area (Å²) < 4.78 is 0. The predicted molar refractivity (Wildman–Crippen MR) is 86.7 cm³/mol. The summed E-state index contributed by atoms with van der Waals surface area (Å²) in [5, 5.41) is 18.5. The number of hydrogen-bond donors (Lipinski definition) is 4. The first-order valence-corrected chi connectivity index (χ1v) is 7.61. The Balaban J connectivity index is 1.90. The minimum atomic E-state index is -0.965. The summed E-state index contributed by atoms with van der Waals surface area (Å²) in [5.41, 5.74) is 6.40. The number of carboxylic acids is 1. The number of nitrogen functional groups attached to an aromatic ring is 1. The molecule has 2 rings (SSSR count). The Kier molecular flexibility index (Phi) is 5.51. The highest BCUT2D eigenvalue weighted by atomic mass is 16.4. The van der Waals surface area contributed by atoms with Gasteiger partial charge >= 0.3 is 5.97 Å². The quantitative estimate of drug-likeness (QED) is 0.430. The number of carbonyl (C=O) groups excluding carboxylic acids is 2. The number of carbonyl (C=O) groups is 3. The summed E-state index contributed by atoms with van der Waals surface area (Å²) >= 11 is 0. The van der Waals surface area contributed by atoms with Crippen LogP contribution in [0.25, 0.3) is 0 Å². The molecule has 1 aliphatic heterocycles. The molecule has 0 saturated carbocycles. The standard InChI is InChI=1S/C16H20N4O4/c17-14(18)10-1-3-11(4-2-10)16(24)20-8-6-12(9-20)15(23)19-7-5-13(21)22/h1-4,12H,5-9H2,(H3,17,18)(H,19,23)(H,21,22)/t12-/m1/s1. The predicted octanol–water partition coefficient (Wildman–Crippen LogP) is 0.0237. The topological polar surface area (TPSA) is 137 Å². The van der Waals surface area contributed by atoms with Gasteiger partial charge in [-0.2, -0.15) is 0 Å². The molecule has 0 aliphatic carbocycles. The minimum absolute atomic E-state index is 0.0618. The number of benzene rings is 1. The zero-order valence-electron chi connectivity index (χ0n) is 13.1. The van der Waals surface area contributed by atoms with E-state index in [0.717, 1.165) is 0 Å². The zero-order valence-corrected chi connectivity index (χ0v) is 13.1. The van der Waals surface area contributed by atoms with Gasteiger partial charge < -0.3 is 21.1 Å². The third-order valence-corrected chi connectivity index (χ3v) is 3.93. The van der Waals surface area contributed by atoms with Crippen molar-refractivity contribution in [1.29, 1.82) is 5.41 Å². The first kappa shape index (κ1) is 17.5. The first-order chi connectivity index (χ1) is 11.4. The van der Waals surface area contributed by atoms with Crippen molar-refractivity contribution < 1.29 is 19.5 Å². The number of rotatable bonds is 6. The van der Waals surface area contributed by atoms with Crippen molar-refractivity contribution in [3.63, 3.8) is 0 Å². The summed E-state index contributed by atoms with van der Waals surface area (Å²) in [4.78, 5) is 36.4. The van der Waals surface area contributed by atoms with Crippen molar-refractivity contribution in [3.8, 4) is 0 Å². The number of aliphatic carboxylic acids is 1. The highest BCUT2D eigenvalue weighted by Gasteiger charge is 2.31. The van der Waals surface area contributed by atoms with E-state index in [2.05, 4.69) is 5.32 Å². The lowest BCUT2D eigenvalue weighted by Gasteiger charge is -2.16. The van der Waals surface area contributed by atoms with Crippen LogP contribution in [0, 0.1) is 11.3 Å². The smallest absolute Gasteiger partial charge is 0.305 e. The van der Waals surface area contributed by atoms with Crippen molar-refractivity contribution in [1.82, 2.24) is 10.2 Å². The summed E-state index contributed by atoms with van der Waals surface area (Å²) in [6.45, 7) is 0.877. The summed E-state index contributed by atoms with van der Waals surface area (Å²) in [6.07, 6.45) is 0.430. The number of amides is 2. The van der Waals surface area contributed by atoms with Gasteiger partial charge in [-0.1, -0.05) is 12.1 Å². The van der Waals surface area contributed by atoms with Crippen molar-refractivity contribution in [2.45, 2.75) is 12.8 Å². The van der Waals surface area contributed by atoms with Gasteiger partial charge in [0.25, 0.3) is 5.91 Å². The van der Waals surface area contributed by atoms with Crippen LogP contribution in [-0.2, 0) is 9.59 Å². The molecule has 0 bridgehead atoms. The molecule has 1 fully saturated rings. The van der Waals surface area contributed by atoms with Crippen LogP contribution in [0.4, 0.5) is 0 Å². The number of nitrogens with two attached hydrogens (primary N) is 1. The van der Waals surface area contributed by atoms with E-state index in [1.54, 1.807) is 29.2 Å². The molecule has 1 atom stereocenters. The molecule has 0 radical (unpaired) electrons. The van der Waals surface area contributed by atoms with Gasteiger partial charge in [0.05, 0.1) is 12.3 Å². The van der Waals surface area contributed by atoms with Gasteiger partial charge in [-0.25, -0.2) is 0 Å². The van der Waals surface area contributed by atoms with Gasteiger partial charge in [0.15, 0.2) is 0 Å². The lowest BCUT2D eigenvalue weighted by Crippen LogP contribution is -2.35. The zero-order chi connectivity index (χ0) is 17.7. The Morgan fingerprint density at radius 3 is 2.46 bits per heavy atom. The van der Waals surface area contributed by atoms with E-state index in [1.807, 2.05) is 0 Å². The largest absolute Gasteiger partial charge is 0.481 e. The van der Waals surface area contributed by atoms with Crippen LogP contribution in [0.3, 0.4) is 0 Å². The second-order valence-electron chi connectivity index (χ2n) is 5.66. The maximum Gasteiger partial charge on any atom is 0.305 e. The van der Waals surface area contributed by atoms with Crippen LogP contribution in [-0.4, -0.2) is 53.3 Å². The lowest BCUT2D eigenvalue weighted by molar-refractivity contribution is -0.137. The van der Waals surface area contributed by atoms with Crippen molar-refractivity contribution in [2.75, 3.05) is 19.6 Å². The maximum absolute atomic E-state index is 12.4. The molecule has 128 valence electrons. The third kappa shape index (κ3) is 4.31. The molecule has 8 nitrogen and oxygen atoms in total. The highest BCUT2D eigenvalue weighted by Crippen LogP contribution is 2.19. The van der Waals surface area contributed by atoms with Gasteiger partial charge in [0.2, 0.25) is 5.91 Å². The number of carboxylic acid groups (broad SMARTS) is 1. The number of amidine groups is 1. The number of likely N-dealkylation sites (tertiary alicyclic amines) is 1. The van der Waals surface area contributed by atoms with E-state index in [0.29, 0.717) is 30.6 Å². The number of nitrogens with zero attached hydrogens (tertiary/aromatic N) is 1. The van der Waals surface area contributed by atoms with Gasteiger partial charge in [0.1, 0.15) is 5.84 Å². The Bertz CT molecular complexity index is 657. The molecule has 8 heteroatoms. The summed E-state index contributed by atoms with van der Waals surface area (Å²) in [5.74, 6) is -1.75. The molecule has 0 aromatic heterocycles. The lowest BCUT2D eigenvalue weighted by atomic mass is 10.1. The van der Waals surface area contributed by atoms with Crippen LogP contribution in [0.15, 0.2) is 24.3 Å².